The van der Waals surface area contributed by atoms with Gasteiger partial charge in [-0.3, -0.25) is 9.59 Å². The average Bonchev–Trinajstić information content (AvgIpc) is 3.93. The lowest BCUT2D eigenvalue weighted by Gasteiger charge is -2.38. The van der Waals surface area contributed by atoms with Crippen LogP contribution in [0.4, 0.5) is 46.0 Å². The summed E-state index contributed by atoms with van der Waals surface area (Å²) in [5, 5.41) is 24.4. The lowest BCUT2D eigenvalue weighted by molar-refractivity contribution is -0.684. The number of imidazole rings is 2. The molecule has 0 saturated heterocycles. The summed E-state index contributed by atoms with van der Waals surface area (Å²) in [6.07, 6.45) is 16.0. The number of aromatic nitrogens is 4. The van der Waals surface area contributed by atoms with Crippen LogP contribution in [0, 0.1) is 0 Å². The van der Waals surface area contributed by atoms with Crippen LogP contribution in [0.25, 0.3) is 0 Å². The number of nitrogens with two attached hydrogens (primary N) is 2. The van der Waals surface area contributed by atoms with Crippen molar-refractivity contribution in [2.45, 2.75) is 119 Å². The first kappa shape index (κ1) is 65.7. The van der Waals surface area contributed by atoms with Gasteiger partial charge in [-0.15, -0.1) is 0 Å². The summed E-state index contributed by atoms with van der Waals surface area (Å²) >= 11 is 0. The monoisotopic (exact) mass is 1170 g/mol. The molecular weight excluding hydrogens is 1090 g/mol. The Bertz CT molecular complexity index is 2170. The van der Waals surface area contributed by atoms with Crippen molar-refractivity contribution >= 4 is 57.8 Å². The average molecular weight is 1170 g/mol. The fourth-order valence-electron chi connectivity index (χ4n) is 8.72. The minimum atomic E-state index is 0. The number of unbranched alkanes of at least 4 members (excludes halogenated alkanes) is 4. The summed E-state index contributed by atoms with van der Waals surface area (Å²) in [6, 6.07) is 12.8. The van der Waals surface area contributed by atoms with E-state index in [0.717, 1.165) is 153 Å². The third-order valence-electron chi connectivity index (χ3n) is 12.6. The van der Waals surface area contributed by atoms with Gasteiger partial charge in [-0.2, -0.15) is 0 Å². The van der Waals surface area contributed by atoms with E-state index in [4.69, 9.17) is 16.6 Å². The van der Waals surface area contributed by atoms with Crippen LogP contribution in [0.1, 0.15) is 92.9 Å². The van der Waals surface area contributed by atoms with Crippen LogP contribution in [-0.4, -0.2) is 99.5 Å². The Kier molecular flexibility index (Phi) is 32.6. The Morgan fingerprint density at radius 1 is 0.528 bits per heavy atom. The largest absolute Gasteiger partial charge is 1.00 e. The number of carbonyl (C=O) groups excluding carboxylic acids is 2. The number of aryl methyl sites for hydroxylation is 4. The smallest absolute Gasteiger partial charge is 0.421 e. The lowest BCUT2D eigenvalue weighted by atomic mass is 10.1. The number of fused-ring (bicyclic) bond motifs is 2. The summed E-state index contributed by atoms with van der Waals surface area (Å²) < 4.78 is 8.61. The first-order valence-electron chi connectivity index (χ1n) is 25.3. The summed E-state index contributed by atoms with van der Waals surface area (Å²) in [5.74, 6) is 1.69. The molecule has 4 aromatic rings. The Labute approximate surface area is 462 Å². The van der Waals surface area contributed by atoms with Crippen LogP contribution < -0.4 is 110 Å². The molecule has 0 unspecified atom stereocenters. The van der Waals surface area contributed by atoms with Crippen molar-refractivity contribution in [3.63, 3.8) is 0 Å². The van der Waals surface area contributed by atoms with Gasteiger partial charge < -0.3 is 100 Å². The molecule has 0 aliphatic carbocycles. The van der Waals surface area contributed by atoms with Gasteiger partial charge in [0.1, 0.15) is 11.4 Å². The second-order valence-electron chi connectivity index (χ2n) is 17.4. The Hall–Kier alpha value is -4.34. The van der Waals surface area contributed by atoms with Gasteiger partial charge in [0.2, 0.25) is 11.8 Å². The Morgan fingerprint density at radius 2 is 0.889 bits per heavy atom. The molecule has 2 aliphatic heterocycles. The van der Waals surface area contributed by atoms with Gasteiger partial charge in [-0.05, 0) is 129 Å². The highest BCUT2D eigenvalue weighted by atomic mass is 79.9. The van der Waals surface area contributed by atoms with E-state index in [9.17, 15) is 9.59 Å². The second kappa shape index (κ2) is 35.7. The second-order valence-corrected chi connectivity index (χ2v) is 17.4. The number of nitrogens with one attached hydrogen (secondary N) is 2. The lowest BCUT2D eigenvalue weighted by Crippen LogP contribution is -3.00. The minimum Gasteiger partial charge on any atom is -1.00 e. The molecule has 0 spiro atoms. The summed E-state index contributed by atoms with van der Waals surface area (Å²) in [7, 11) is 0. The zero-order chi connectivity index (χ0) is 48.7. The number of likely N-dealkylation sites (N-methyl/N-ethyl adjacent to an activating group) is 4. The fourth-order valence-corrected chi connectivity index (χ4v) is 8.72. The third-order valence-corrected chi connectivity index (χ3v) is 12.6. The van der Waals surface area contributed by atoms with E-state index in [1.54, 1.807) is 13.8 Å². The van der Waals surface area contributed by atoms with Crippen LogP contribution in [0.3, 0.4) is 0 Å². The Morgan fingerprint density at radius 3 is 1.28 bits per heavy atom. The molecule has 0 bridgehead atoms. The number of halogens is 4. The van der Waals surface area contributed by atoms with Gasteiger partial charge in [0.25, 0.3) is 0 Å². The molecule has 0 atom stereocenters. The molecule has 6 N–H and O–H groups in total. The third kappa shape index (κ3) is 19.8. The number of rotatable bonds is 26. The van der Waals surface area contributed by atoms with Crippen molar-refractivity contribution < 1.29 is 77.5 Å². The number of benzene rings is 2. The molecule has 2 aliphatic rings. The van der Waals surface area contributed by atoms with E-state index in [2.05, 4.69) is 134 Å². The van der Waals surface area contributed by atoms with Crippen LogP contribution in [0.2, 0.25) is 0 Å². The van der Waals surface area contributed by atoms with E-state index < -0.39 is 0 Å². The SMILES string of the molecule is CCN1CCN(CC)c2cc(N=Nc3n(CCCCN)cc[n+]3CCCCN)ccc21.CCN1CCN(CC)c2cc(N=Nc3n(CCCCNC(C)=O)cc[n+]3CCCCNC(C)=O)ccc21.[Br-].[Br-].[Cl-].[Cl-]. The van der Waals surface area contributed by atoms with Crippen molar-refractivity contribution in [1.29, 1.82) is 0 Å². The van der Waals surface area contributed by atoms with E-state index in [-0.39, 0.29) is 70.6 Å². The van der Waals surface area contributed by atoms with E-state index >= 15 is 0 Å². The highest BCUT2D eigenvalue weighted by Gasteiger charge is 2.24. The molecule has 2 amide bonds. The van der Waals surface area contributed by atoms with E-state index in [1.807, 2.05) is 18.5 Å². The molecule has 18 nitrogen and oxygen atoms in total. The first-order valence-corrected chi connectivity index (χ1v) is 25.3. The molecule has 72 heavy (non-hydrogen) atoms. The quantitative estimate of drug-likeness (QED) is 0.0274. The minimum absolute atomic E-state index is 0. The molecule has 2 aromatic heterocycles. The summed E-state index contributed by atoms with van der Waals surface area (Å²) in [6.45, 7) is 26.2. The number of hydrogen-bond acceptors (Lipinski definition) is 12. The molecule has 22 heteroatoms. The predicted molar refractivity (Wildman–Crippen MR) is 274 cm³/mol. The van der Waals surface area contributed by atoms with Crippen LogP contribution in [0.15, 0.2) is 81.6 Å². The maximum Gasteiger partial charge on any atom is 0.421 e. The van der Waals surface area contributed by atoms with E-state index in [0.29, 0.717) is 26.2 Å². The van der Waals surface area contributed by atoms with Gasteiger partial charge >= 0.3 is 11.9 Å². The fraction of sp³-hybridized carbons (Fsp3) is 0.600. The molecular formula is C50H82Br2Cl2N16O2-2. The number of anilines is 4. The zero-order valence-corrected chi connectivity index (χ0v) is 48.3. The van der Waals surface area contributed by atoms with Crippen LogP contribution in [0.5, 0.6) is 0 Å². The highest BCUT2D eigenvalue weighted by Crippen LogP contribution is 2.38. The predicted octanol–water partition coefficient (Wildman–Crippen LogP) is -4.96. The molecule has 4 heterocycles. The molecule has 0 radical (unpaired) electrons. The van der Waals surface area contributed by atoms with Crippen molar-refractivity contribution in [2.75, 3.05) is 98.1 Å². The first-order chi connectivity index (χ1) is 33.1. The maximum absolute atomic E-state index is 11.1. The number of amides is 2. The summed E-state index contributed by atoms with van der Waals surface area (Å²) in [4.78, 5) is 31.9. The number of azo groups is 2. The van der Waals surface area contributed by atoms with Crippen molar-refractivity contribution in [1.82, 2.24) is 19.8 Å². The van der Waals surface area contributed by atoms with Crippen molar-refractivity contribution in [3.8, 4) is 0 Å². The molecule has 6 rings (SSSR count). The zero-order valence-electron chi connectivity index (χ0n) is 43.6. The maximum atomic E-state index is 11.1. The number of nitrogens with zero attached hydrogens (tertiary/aromatic N) is 12. The topological polar surface area (TPSA) is 190 Å². The van der Waals surface area contributed by atoms with Gasteiger partial charge in [-0.25, -0.2) is 18.3 Å². The van der Waals surface area contributed by atoms with Gasteiger partial charge in [0.15, 0.2) is 0 Å². The van der Waals surface area contributed by atoms with Crippen molar-refractivity contribution in [3.05, 3.63) is 61.2 Å². The van der Waals surface area contributed by atoms with Crippen LogP contribution >= 0.6 is 0 Å². The summed E-state index contributed by atoms with van der Waals surface area (Å²) in [5.41, 5.74) is 18.1. The van der Waals surface area contributed by atoms with Gasteiger partial charge in [-0.1, -0.05) is 10.2 Å². The Balaban J connectivity index is 0.000000691. The normalized spacial score (nSPS) is 12.8. The molecule has 0 fully saturated rings. The van der Waals surface area contributed by atoms with E-state index in [1.165, 1.54) is 22.7 Å². The standard InChI is InChI=1S/C27H42N8O2.C23H39N8.2BrH.2ClH/c1-5-32-17-18-33(6-2)26-21-24(11-12-25(26)32)30-31-27-34(15-9-7-13-28-22(3)36)19-20-35(27)16-10-8-14-29-23(4)37;1-3-28-15-16-29(4-2)22-19-20(9-10-21(22)28)26-27-23-30(13-7-5-11-24)17-18-31(23)14-8-6-12-25;;;;/h11-12,19-21H,5-10,13-18H2,1-4H3,(H-,28,29,36,37);9-10,17-19H,3-8,11-16,24-25H2,1-2H3;4*1H/q;+1;;;;/p-3. The molecule has 0 saturated carbocycles. The van der Waals surface area contributed by atoms with Gasteiger partial charge in [0.05, 0.1) is 73.7 Å². The number of carbonyl (C=O) groups is 2. The molecule has 404 valence electrons. The number of hydrogen-bond donors (Lipinski definition) is 4. The molecule has 2 aromatic carbocycles. The van der Waals surface area contributed by atoms with Gasteiger partial charge in [0, 0.05) is 89.5 Å². The van der Waals surface area contributed by atoms with Crippen molar-refractivity contribution in [2.24, 2.45) is 31.9 Å². The van der Waals surface area contributed by atoms with Crippen LogP contribution in [-0.2, 0) is 35.8 Å². The highest BCUT2D eigenvalue weighted by molar-refractivity contribution is 5.78.